The van der Waals surface area contributed by atoms with Crippen LogP contribution >= 0.6 is 22.6 Å². The lowest BCUT2D eigenvalue weighted by Gasteiger charge is -1.91. The number of rotatable bonds is 0. The Bertz CT molecular complexity index is 485. The second-order valence-corrected chi connectivity index (χ2v) is 3.76. The molecule has 12 heavy (non-hydrogen) atoms. The predicted octanol–water partition coefficient (Wildman–Crippen LogP) is 0.866. The predicted molar refractivity (Wildman–Crippen MR) is 54.1 cm³/mol. The second-order valence-electron chi connectivity index (χ2n) is 2.51. The average Bonchev–Trinajstić information content (AvgIpc) is 2.28. The van der Waals surface area contributed by atoms with E-state index in [1.54, 1.807) is 13.2 Å². The molecule has 2 rings (SSSR count). The van der Waals surface area contributed by atoms with Gasteiger partial charge in [0.05, 0.1) is 5.52 Å². The summed E-state index contributed by atoms with van der Waals surface area (Å²) in [4.78, 5) is 17.9. The number of aromatic amines is 1. The van der Waals surface area contributed by atoms with E-state index < -0.39 is 0 Å². The summed E-state index contributed by atoms with van der Waals surface area (Å²) in [5.41, 5.74) is 1.36. The Morgan fingerprint density at radius 1 is 1.67 bits per heavy atom. The van der Waals surface area contributed by atoms with Crippen molar-refractivity contribution in [2.45, 2.75) is 0 Å². The van der Waals surface area contributed by atoms with E-state index in [0.29, 0.717) is 5.65 Å². The molecule has 0 saturated carbocycles. The average molecular weight is 275 g/mol. The Balaban J connectivity index is 2.96. The molecule has 0 saturated heterocycles. The fourth-order valence-corrected chi connectivity index (χ4v) is 1.54. The monoisotopic (exact) mass is 275 g/mol. The molecule has 0 spiro atoms. The summed E-state index contributed by atoms with van der Waals surface area (Å²) in [5, 5.41) is 0. The van der Waals surface area contributed by atoms with Crippen molar-refractivity contribution in [3.63, 3.8) is 0 Å². The number of hydrogen-bond donors (Lipinski definition) is 1. The number of aromatic nitrogens is 3. The first-order valence-electron chi connectivity index (χ1n) is 3.39. The Hall–Kier alpha value is -0.850. The quantitative estimate of drug-likeness (QED) is 0.725. The van der Waals surface area contributed by atoms with Crippen molar-refractivity contribution in [3.8, 4) is 0 Å². The van der Waals surface area contributed by atoms with E-state index in [0.717, 1.165) is 9.09 Å². The highest BCUT2D eigenvalue weighted by atomic mass is 127. The maximum absolute atomic E-state index is 11.1. The van der Waals surface area contributed by atoms with Gasteiger partial charge < -0.3 is 4.98 Å². The lowest BCUT2D eigenvalue weighted by atomic mass is 10.4. The van der Waals surface area contributed by atoms with Gasteiger partial charge in [0.2, 0.25) is 0 Å². The standard InChI is InChI=1S/C7H6IN3O/c1-11-6-5(10-7(11)12)2-4(8)3-9-6/h2-3H,1H3,(H,10,12). The lowest BCUT2D eigenvalue weighted by molar-refractivity contribution is 0.878. The lowest BCUT2D eigenvalue weighted by Crippen LogP contribution is -2.12. The Labute approximate surface area is 81.8 Å². The molecule has 2 heterocycles. The van der Waals surface area contributed by atoms with Crippen molar-refractivity contribution < 1.29 is 0 Å². The van der Waals surface area contributed by atoms with Gasteiger partial charge in [-0.15, -0.1) is 0 Å². The number of nitrogens with one attached hydrogen (secondary N) is 1. The normalized spacial score (nSPS) is 10.8. The number of H-pyrrole nitrogens is 1. The van der Waals surface area contributed by atoms with Crippen LogP contribution in [0.5, 0.6) is 0 Å². The van der Waals surface area contributed by atoms with Gasteiger partial charge in [0.15, 0.2) is 5.65 Å². The van der Waals surface area contributed by atoms with Crippen LogP contribution in [0.2, 0.25) is 0 Å². The Kier molecular flexibility index (Phi) is 1.67. The van der Waals surface area contributed by atoms with E-state index in [1.165, 1.54) is 4.57 Å². The highest BCUT2D eigenvalue weighted by Gasteiger charge is 2.03. The summed E-state index contributed by atoms with van der Waals surface area (Å²) in [6.45, 7) is 0. The molecule has 4 nitrogen and oxygen atoms in total. The van der Waals surface area contributed by atoms with E-state index in [-0.39, 0.29) is 5.69 Å². The molecule has 0 amide bonds. The summed E-state index contributed by atoms with van der Waals surface area (Å²) < 4.78 is 2.51. The minimum absolute atomic E-state index is 0.125. The van der Waals surface area contributed by atoms with Crippen LogP contribution in [0.1, 0.15) is 0 Å². The van der Waals surface area contributed by atoms with Crippen LogP contribution in [-0.2, 0) is 7.05 Å². The first-order chi connectivity index (χ1) is 5.68. The van der Waals surface area contributed by atoms with Gasteiger partial charge >= 0.3 is 5.69 Å². The molecule has 0 fully saturated rings. The topological polar surface area (TPSA) is 50.7 Å². The van der Waals surface area contributed by atoms with E-state index in [9.17, 15) is 4.79 Å². The third kappa shape index (κ3) is 1.04. The van der Waals surface area contributed by atoms with Crippen LogP contribution in [-0.4, -0.2) is 14.5 Å². The molecule has 0 radical (unpaired) electrons. The van der Waals surface area contributed by atoms with Crippen LogP contribution in [0.15, 0.2) is 17.1 Å². The minimum Gasteiger partial charge on any atom is -0.304 e. The van der Waals surface area contributed by atoms with E-state index in [1.807, 2.05) is 6.07 Å². The van der Waals surface area contributed by atoms with Gasteiger partial charge in [0, 0.05) is 16.8 Å². The highest BCUT2D eigenvalue weighted by molar-refractivity contribution is 14.1. The molecule has 0 bridgehead atoms. The summed E-state index contributed by atoms with van der Waals surface area (Å²) in [7, 11) is 1.70. The van der Waals surface area contributed by atoms with E-state index >= 15 is 0 Å². The number of nitrogens with zero attached hydrogens (tertiary/aromatic N) is 2. The molecule has 0 aliphatic heterocycles. The first kappa shape index (κ1) is 7.78. The van der Waals surface area contributed by atoms with Gasteiger partial charge in [-0.3, -0.25) is 4.57 Å². The number of aryl methyl sites for hydroxylation is 1. The van der Waals surface area contributed by atoms with Gasteiger partial charge in [-0.2, -0.15) is 0 Å². The van der Waals surface area contributed by atoms with Crippen molar-refractivity contribution in [3.05, 3.63) is 26.3 Å². The van der Waals surface area contributed by atoms with Gasteiger partial charge in [-0.25, -0.2) is 9.78 Å². The molecule has 0 aliphatic carbocycles. The van der Waals surface area contributed by atoms with Crippen molar-refractivity contribution in [1.29, 1.82) is 0 Å². The second kappa shape index (κ2) is 2.58. The van der Waals surface area contributed by atoms with E-state index in [2.05, 4.69) is 32.6 Å². The fourth-order valence-electron chi connectivity index (χ4n) is 1.09. The zero-order valence-corrected chi connectivity index (χ0v) is 8.49. The highest BCUT2D eigenvalue weighted by Crippen LogP contribution is 2.09. The van der Waals surface area contributed by atoms with Crippen LogP contribution in [0, 0.1) is 3.57 Å². The molecule has 0 aromatic carbocycles. The SMILES string of the molecule is Cn1c(=O)[nH]c2cc(I)cnc21. The molecule has 5 heteroatoms. The molecule has 0 atom stereocenters. The molecule has 0 unspecified atom stereocenters. The molecular weight excluding hydrogens is 269 g/mol. The maximum atomic E-state index is 11.1. The van der Waals surface area contributed by atoms with Crippen LogP contribution in [0.25, 0.3) is 11.2 Å². The summed E-state index contributed by atoms with van der Waals surface area (Å²) in [5.74, 6) is 0. The smallest absolute Gasteiger partial charge is 0.304 e. The van der Waals surface area contributed by atoms with Gasteiger partial charge in [-0.05, 0) is 28.7 Å². The molecular formula is C7H6IN3O. The van der Waals surface area contributed by atoms with Gasteiger partial charge in [0.25, 0.3) is 0 Å². The van der Waals surface area contributed by atoms with Crippen molar-refractivity contribution in [2.75, 3.05) is 0 Å². The number of fused-ring (bicyclic) bond motifs is 1. The number of hydrogen-bond acceptors (Lipinski definition) is 2. The maximum Gasteiger partial charge on any atom is 0.327 e. The van der Waals surface area contributed by atoms with Crippen molar-refractivity contribution in [1.82, 2.24) is 14.5 Å². The first-order valence-corrected chi connectivity index (χ1v) is 4.46. The molecule has 1 N–H and O–H groups in total. The van der Waals surface area contributed by atoms with Crippen molar-refractivity contribution >= 4 is 33.8 Å². The molecule has 62 valence electrons. The number of halogens is 1. The van der Waals surface area contributed by atoms with Gasteiger partial charge in [0.1, 0.15) is 0 Å². The molecule has 2 aromatic rings. The number of imidazole rings is 1. The largest absolute Gasteiger partial charge is 0.327 e. The van der Waals surface area contributed by atoms with Gasteiger partial charge in [-0.1, -0.05) is 0 Å². The Morgan fingerprint density at radius 3 is 3.17 bits per heavy atom. The third-order valence-corrected chi connectivity index (χ3v) is 2.29. The zero-order valence-electron chi connectivity index (χ0n) is 6.34. The summed E-state index contributed by atoms with van der Waals surface area (Å²) >= 11 is 2.16. The summed E-state index contributed by atoms with van der Waals surface area (Å²) in [6.07, 6.45) is 1.73. The number of pyridine rings is 1. The minimum atomic E-state index is -0.125. The zero-order chi connectivity index (χ0) is 8.72. The molecule has 0 aliphatic rings. The fraction of sp³-hybridized carbons (Fsp3) is 0.143. The van der Waals surface area contributed by atoms with E-state index in [4.69, 9.17) is 0 Å². The van der Waals surface area contributed by atoms with Crippen LogP contribution in [0.4, 0.5) is 0 Å². The molecule has 2 aromatic heterocycles. The third-order valence-electron chi connectivity index (χ3n) is 1.70. The summed E-state index contributed by atoms with van der Waals surface area (Å²) in [6, 6.07) is 1.89. The Morgan fingerprint density at radius 2 is 2.42 bits per heavy atom. The van der Waals surface area contributed by atoms with Crippen LogP contribution < -0.4 is 5.69 Å². The van der Waals surface area contributed by atoms with Crippen molar-refractivity contribution in [2.24, 2.45) is 7.05 Å². The van der Waals surface area contributed by atoms with Crippen LogP contribution in [0.3, 0.4) is 0 Å².